The monoisotopic (exact) mass is 270 g/mol. The predicted octanol–water partition coefficient (Wildman–Crippen LogP) is 3.57. The fourth-order valence-corrected chi connectivity index (χ4v) is 2.32. The highest BCUT2D eigenvalue weighted by Crippen LogP contribution is 2.10. The number of carbonyl (C=O) groups is 1. The molecule has 0 aromatic heterocycles. The molecule has 1 amide bonds. The maximum Gasteiger partial charge on any atom is 0.222 e. The van der Waals surface area contributed by atoms with Gasteiger partial charge in [0.2, 0.25) is 5.91 Å². The van der Waals surface area contributed by atoms with Crippen molar-refractivity contribution in [3.8, 4) is 0 Å². The molecule has 0 atom stereocenters. The highest BCUT2D eigenvalue weighted by molar-refractivity contribution is 5.75. The molecular formula is C16H34N2O. The molecule has 0 aliphatic carbocycles. The van der Waals surface area contributed by atoms with Gasteiger partial charge < -0.3 is 10.6 Å². The van der Waals surface area contributed by atoms with Crippen molar-refractivity contribution in [2.45, 2.75) is 71.6 Å². The maximum atomic E-state index is 11.8. The molecule has 0 aliphatic heterocycles. The first-order valence-corrected chi connectivity index (χ1v) is 8.02. The van der Waals surface area contributed by atoms with E-state index in [1.807, 2.05) is 11.9 Å². The van der Waals surface area contributed by atoms with E-state index in [2.05, 4.69) is 13.8 Å². The van der Waals surface area contributed by atoms with Crippen molar-refractivity contribution in [2.24, 2.45) is 11.7 Å². The number of hydrogen-bond acceptors (Lipinski definition) is 2. The van der Waals surface area contributed by atoms with Gasteiger partial charge in [-0.05, 0) is 25.3 Å². The lowest BCUT2D eigenvalue weighted by Gasteiger charge is -2.19. The number of unbranched alkanes of at least 4 members (excludes halogenated alkanes) is 7. The SMILES string of the molecule is CC(C)CN(C)C(=O)CCCCCCCCCCN. The van der Waals surface area contributed by atoms with Crippen molar-refractivity contribution in [1.29, 1.82) is 0 Å². The van der Waals surface area contributed by atoms with Crippen molar-refractivity contribution < 1.29 is 4.79 Å². The summed E-state index contributed by atoms with van der Waals surface area (Å²) >= 11 is 0. The van der Waals surface area contributed by atoms with Crippen LogP contribution in [0.1, 0.15) is 71.6 Å². The fourth-order valence-electron chi connectivity index (χ4n) is 2.32. The number of carbonyl (C=O) groups excluding carboxylic acids is 1. The van der Waals surface area contributed by atoms with Crippen LogP contribution in [-0.2, 0) is 4.79 Å². The van der Waals surface area contributed by atoms with Gasteiger partial charge in [-0.1, -0.05) is 52.4 Å². The van der Waals surface area contributed by atoms with Crippen LogP contribution < -0.4 is 5.73 Å². The molecule has 19 heavy (non-hydrogen) atoms. The third kappa shape index (κ3) is 12.2. The molecule has 0 saturated heterocycles. The average Bonchev–Trinajstić information content (AvgIpc) is 2.35. The molecule has 0 bridgehead atoms. The smallest absolute Gasteiger partial charge is 0.222 e. The summed E-state index contributed by atoms with van der Waals surface area (Å²) in [6.45, 7) is 5.99. The Labute approximate surface area is 119 Å². The van der Waals surface area contributed by atoms with E-state index in [9.17, 15) is 4.79 Å². The quantitative estimate of drug-likeness (QED) is 0.551. The van der Waals surface area contributed by atoms with Crippen LogP contribution in [0, 0.1) is 5.92 Å². The number of amides is 1. The molecule has 2 N–H and O–H groups in total. The van der Waals surface area contributed by atoms with Crippen molar-refractivity contribution in [3.05, 3.63) is 0 Å². The number of nitrogens with zero attached hydrogens (tertiary/aromatic N) is 1. The standard InChI is InChI=1S/C16H34N2O/c1-15(2)14-18(3)16(19)12-10-8-6-4-5-7-9-11-13-17/h15H,4-14,17H2,1-3H3. The maximum absolute atomic E-state index is 11.8. The van der Waals surface area contributed by atoms with Gasteiger partial charge in [-0.2, -0.15) is 0 Å². The van der Waals surface area contributed by atoms with Gasteiger partial charge in [-0.25, -0.2) is 0 Å². The normalized spacial score (nSPS) is 11.0. The minimum atomic E-state index is 0.302. The van der Waals surface area contributed by atoms with Gasteiger partial charge in [0.05, 0.1) is 0 Å². The second-order valence-electron chi connectivity index (χ2n) is 6.04. The molecule has 0 fully saturated rings. The van der Waals surface area contributed by atoms with Crippen molar-refractivity contribution in [3.63, 3.8) is 0 Å². The molecule has 3 nitrogen and oxygen atoms in total. The van der Waals surface area contributed by atoms with Crippen molar-refractivity contribution in [2.75, 3.05) is 20.1 Å². The average molecular weight is 270 g/mol. The Kier molecular flexibility index (Phi) is 12.1. The van der Waals surface area contributed by atoms with E-state index in [1.165, 1.54) is 38.5 Å². The van der Waals surface area contributed by atoms with E-state index < -0.39 is 0 Å². The minimum absolute atomic E-state index is 0.302. The Bertz CT molecular complexity index is 217. The second kappa shape index (κ2) is 12.5. The topological polar surface area (TPSA) is 46.3 Å². The zero-order valence-electron chi connectivity index (χ0n) is 13.3. The van der Waals surface area contributed by atoms with Crippen molar-refractivity contribution in [1.82, 2.24) is 4.90 Å². The summed E-state index contributed by atoms with van der Waals surface area (Å²) in [5, 5.41) is 0. The molecule has 0 rings (SSSR count). The predicted molar refractivity (Wildman–Crippen MR) is 83.1 cm³/mol. The lowest BCUT2D eigenvalue weighted by molar-refractivity contribution is -0.130. The fraction of sp³-hybridized carbons (Fsp3) is 0.938. The first-order chi connectivity index (χ1) is 9.07. The van der Waals surface area contributed by atoms with E-state index >= 15 is 0 Å². The first-order valence-electron chi connectivity index (χ1n) is 8.02. The van der Waals surface area contributed by atoms with Crippen LogP contribution in [0.5, 0.6) is 0 Å². The number of hydrogen-bond donors (Lipinski definition) is 1. The lowest BCUT2D eigenvalue weighted by atomic mass is 10.1. The highest BCUT2D eigenvalue weighted by atomic mass is 16.2. The van der Waals surface area contributed by atoms with Gasteiger partial charge in [0.15, 0.2) is 0 Å². The Morgan fingerprint density at radius 1 is 0.947 bits per heavy atom. The van der Waals surface area contributed by atoms with Crippen LogP contribution in [-0.4, -0.2) is 30.9 Å². The van der Waals surface area contributed by atoms with Gasteiger partial charge in [0.1, 0.15) is 0 Å². The van der Waals surface area contributed by atoms with Gasteiger partial charge in [-0.15, -0.1) is 0 Å². The minimum Gasteiger partial charge on any atom is -0.346 e. The van der Waals surface area contributed by atoms with Gasteiger partial charge >= 0.3 is 0 Å². The molecule has 0 aromatic carbocycles. The van der Waals surface area contributed by atoms with E-state index in [-0.39, 0.29) is 0 Å². The van der Waals surface area contributed by atoms with Crippen LogP contribution >= 0.6 is 0 Å². The molecule has 0 spiro atoms. The zero-order valence-corrected chi connectivity index (χ0v) is 13.3. The van der Waals surface area contributed by atoms with E-state index in [1.54, 1.807) is 0 Å². The second-order valence-corrected chi connectivity index (χ2v) is 6.04. The van der Waals surface area contributed by atoms with Gasteiger partial charge in [0.25, 0.3) is 0 Å². The third-order valence-electron chi connectivity index (χ3n) is 3.41. The summed E-state index contributed by atoms with van der Waals surface area (Å²) in [6.07, 6.45) is 10.6. The summed E-state index contributed by atoms with van der Waals surface area (Å²) in [5.74, 6) is 0.860. The Morgan fingerprint density at radius 3 is 1.89 bits per heavy atom. The van der Waals surface area contributed by atoms with E-state index in [0.717, 1.165) is 32.4 Å². The Hall–Kier alpha value is -0.570. The summed E-state index contributed by atoms with van der Waals surface area (Å²) < 4.78 is 0. The van der Waals surface area contributed by atoms with Crippen LogP contribution in [0.15, 0.2) is 0 Å². The summed E-state index contributed by atoms with van der Waals surface area (Å²) in [7, 11) is 1.92. The molecule has 0 aromatic rings. The zero-order chi connectivity index (χ0) is 14.5. The largest absolute Gasteiger partial charge is 0.346 e. The summed E-state index contributed by atoms with van der Waals surface area (Å²) in [5.41, 5.74) is 5.46. The van der Waals surface area contributed by atoms with E-state index in [4.69, 9.17) is 5.73 Å². The first kappa shape index (κ1) is 18.4. The van der Waals surface area contributed by atoms with Crippen LogP contribution in [0.3, 0.4) is 0 Å². The Balaban J connectivity index is 3.32. The van der Waals surface area contributed by atoms with Crippen molar-refractivity contribution >= 4 is 5.91 Å². The van der Waals surface area contributed by atoms with Gasteiger partial charge in [-0.3, -0.25) is 4.79 Å². The Morgan fingerprint density at radius 2 is 1.42 bits per heavy atom. The number of rotatable bonds is 12. The molecule has 114 valence electrons. The van der Waals surface area contributed by atoms with Gasteiger partial charge in [0, 0.05) is 20.0 Å². The van der Waals surface area contributed by atoms with Crippen LogP contribution in [0.4, 0.5) is 0 Å². The number of nitrogens with two attached hydrogens (primary N) is 1. The molecule has 0 unspecified atom stereocenters. The molecule has 0 aliphatic rings. The highest BCUT2D eigenvalue weighted by Gasteiger charge is 2.09. The molecule has 0 saturated carbocycles. The van der Waals surface area contributed by atoms with E-state index in [0.29, 0.717) is 11.8 Å². The molecule has 3 heteroatoms. The van der Waals surface area contributed by atoms with Crippen LogP contribution in [0.25, 0.3) is 0 Å². The molecule has 0 heterocycles. The summed E-state index contributed by atoms with van der Waals surface area (Å²) in [6, 6.07) is 0. The summed E-state index contributed by atoms with van der Waals surface area (Å²) in [4.78, 5) is 13.7. The molecular weight excluding hydrogens is 236 g/mol. The third-order valence-corrected chi connectivity index (χ3v) is 3.41. The lowest BCUT2D eigenvalue weighted by Crippen LogP contribution is -2.29. The van der Waals surface area contributed by atoms with Crippen LogP contribution in [0.2, 0.25) is 0 Å². The molecule has 0 radical (unpaired) electrons.